The SMILES string of the molecule is FC(F)(F)c1cccc(N2CCN(C3CCN(C4CCOCC4)CC3)CC2)c1. The van der Waals surface area contributed by atoms with E-state index >= 15 is 0 Å². The molecule has 4 nitrogen and oxygen atoms in total. The highest BCUT2D eigenvalue weighted by molar-refractivity contribution is 5.49. The first-order valence-electron chi connectivity index (χ1n) is 10.5. The van der Waals surface area contributed by atoms with Crippen molar-refractivity contribution in [1.82, 2.24) is 9.80 Å². The molecule has 156 valence electrons. The minimum atomic E-state index is -4.28. The highest BCUT2D eigenvalue weighted by Crippen LogP contribution is 2.32. The molecule has 0 radical (unpaired) electrons. The largest absolute Gasteiger partial charge is 0.416 e. The van der Waals surface area contributed by atoms with Crippen LogP contribution in [0, 0.1) is 0 Å². The lowest BCUT2D eigenvalue weighted by Crippen LogP contribution is -2.54. The quantitative estimate of drug-likeness (QED) is 0.777. The van der Waals surface area contributed by atoms with Crippen molar-refractivity contribution in [2.45, 2.75) is 43.9 Å². The van der Waals surface area contributed by atoms with Gasteiger partial charge >= 0.3 is 6.18 Å². The molecule has 0 bridgehead atoms. The Bertz CT molecular complexity index is 632. The lowest BCUT2D eigenvalue weighted by atomic mass is 9.98. The molecule has 0 saturated carbocycles. The van der Waals surface area contributed by atoms with Crippen molar-refractivity contribution in [2.75, 3.05) is 57.4 Å². The van der Waals surface area contributed by atoms with Gasteiger partial charge in [0, 0.05) is 57.2 Å². The van der Waals surface area contributed by atoms with E-state index < -0.39 is 11.7 Å². The second kappa shape index (κ2) is 8.59. The first-order valence-corrected chi connectivity index (χ1v) is 10.5. The second-order valence-electron chi connectivity index (χ2n) is 8.18. The molecule has 3 saturated heterocycles. The van der Waals surface area contributed by atoms with Gasteiger partial charge in [-0.3, -0.25) is 4.90 Å². The highest BCUT2D eigenvalue weighted by Gasteiger charge is 2.33. The summed E-state index contributed by atoms with van der Waals surface area (Å²) in [5.74, 6) is 0. The molecule has 7 heteroatoms. The lowest BCUT2D eigenvalue weighted by Gasteiger charge is -2.45. The predicted molar refractivity (Wildman–Crippen MR) is 104 cm³/mol. The van der Waals surface area contributed by atoms with E-state index in [0.717, 1.165) is 71.4 Å². The van der Waals surface area contributed by atoms with Gasteiger partial charge in [0.15, 0.2) is 0 Å². The number of hydrogen-bond donors (Lipinski definition) is 0. The van der Waals surface area contributed by atoms with Crippen LogP contribution in [-0.4, -0.2) is 74.4 Å². The average Bonchev–Trinajstić information content (AvgIpc) is 2.74. The van der Waals surface area contributed by atoms with Crippen LogP contribution in [0.3, 0.4) is 0 Å². The molecule has 0 amide bonds. The summed E-state index contributed by atoms with van der Waals surface area (Å²) in [4.78, 5) is 7.27. The Morgan fingerprint density at radius 2 is 1.39 bits per heavy atom. The van der Waals surface area contributed by atoms with Gasteiger partial charge in [-0.1, -0.05) is 6.07 Å². The Hall–Kier alpha value is -1.31. The average molecular weight is 397 g/mol. The summed E-state index contributed by atoms with van der Waals surface area (Å²) in [5.41, 5.74) is 0.122. The minimum Gasteiger partial charge on any atom is -0.381 e. The van der Waals surface area contributed by atoms with Crippen molar-refractivity contribution in [3.63, 3.8) is 0 Å². The Balaban J connectivity index is 1.27. The zero-order chi connectivity index (χ0) is 19.6. The zero-order valence-electron chi connectivity index (χ0n) is 16.3. The van der Waals surface area contributed by atoms with Crippen LogP contribution in [0.15, 0.2) is 24.3 Å². The Morgan fingerprint density at radius 1 is 0.786 bits per heavy atom. The molecule has 3 aliphatic heterocycles. The molecule has 28 heavy (non-hydrogen) atoms. The van der Waals surface area contributed by atoms with Crippen molar-refractivity contribution in [3.05, 3.63) is 29.8 Å². The van der Waals surface area contributed by atoms with E-state index in [1.54, 1.807) is 6.07 Å². The maximum atomic E-state index is 13.0. The van der Waals surface area contributed by atoms with E-state index in [4.69, 9.17) is 4.74 Å². The fraction of sp³-hybridized carbons (Fsp3) is 0.714. The van der Waals surface area contributed by atoms with Crippen molar-refractivity contribution in [1.29, 1.82) is 0 Å². The van der Waals surface area contributed by atoms with Crippen LogP contribution in [0.25, 0.3) is 0 Å². The van der Waals surface area contributed by atoms with Gasteiger partial charge in [0.25, 0.3) is 0 Å². The van der Waals surface area contributed by atoms with E-state index in [2.05, 4.69) is 14.7 Å². The third-order valence-electron chi connectivity index (χ3n) is 6.58. The van der Waals surface area contributed by atoms with Crippen LogP contribution in [0.4, 0.5) is 18.9 Å². The summed E-state index contributed by atoms with van der Waals surface area (Å²) in [6.45, 7) is 7.54. The van der Waals surface area contributed by atoms with Crippen molar-refractivity contribution < 1.29 is 17.9 Å². The number of benzene rings is 1. The predicted octanol–water partition coefficient (Wildman–Crippen LogP) is 3.47. The van der Waals surface area contributed by atoms with E-state index in [1.807, 2.05) is 0 Å². The fourth-order valence-corrected chi connectivity index (χ4v) is 4.89. The molecule has 3 heterocycles. The molecule has 0 unspecified atom stereocenters. The summed E-state index contributed by atoms with van der Waals surface area (Å²) >= 11 is 0. The van der Waals surface area contributed by atoms with E-state index in [0.29, 0.717) is 17.8 Å². The molecule has 0 spiro atoms. The van der Waals surface area contributed by atoms with Crippen molar-refractivity contribution in [3.8, 4) is 0 Å². The van der Waals surface area contributed by atoms with Gasteiger partial charge in [-0.05, 0) is 57.0 Å². The van der Waals surface area contributed by atoms with E-state index in [9.17, 15) is 13.2 Å². The number of nitrogens with zero attached hydrogens (tertiary/aromatic N) is 3. The molecular weight excluding hydrogens is 367 g/mol. The number of hydrogen-bond acceptors (Lipinski definition) is 4. The van der Waals surface area contributed by atoms with Crippen LogP contribution >= 0.6 is 0 Å². The van der Waals surface area contributed by atoms with E-state index in [1.165, 1.54) is 25.0 Å². The molecule has 1 aromatic carbocycles. The fourth-order valence-electron chi connectivity index (χ4n) is 4.89. The Kier molecular flexibility index (Phi) is 6.13. The number of anilines is 1. The smallest absolute Gasteiger partial charge is 0.381 e. The van der Waals surface area contributed by atoms with Crippen molar-refractivity contribution >= 4 is 5.69 Å². The number of piperidine rings is 1. The van der Waals surface area contributed by atoms with Gasteiger partial charge in [0.2, 0.25) is 0 Å². The topological polar surface area (TPSA) is 19.0 Å². The standard InChI is InChI=1S/C21H30F3N3O/c22-21(23,24)17-2-1-3-20(16-17)27-12-10-26(11-13-27)18-4-8-25(9-5-18)19-6-14-28-15-7-19/h1-3,16,18-19H,4-15H2. The monoisotopic (exact) mass is 397 g/mol. The number of ether oxygens (including phenoxy) is 1. The Labute approximate surface area is 165 Å². The number of rotatable bonds is 3. The molecule has 0 atom stereocenters. The first-order chi connectivity index (χ1) is 13.5. The lowest BCUT2D eigenvalue weighted by molar-refractivity contribution is -0.137. The van der Waals surface area contributed by atoms with Crippen LogP contribution in [0.1, 0.15) is 31.2 Å². The molecular formula is C21H30F3N3O. The van der Waals surface area contributed by atoms with Crippen molar-refractivity contribution in [2.24, 2.45) is 0 Å². The number of halogens is 3. The third-order valence-corrected chi connectivity index (χ3v) is 6.58. The highest BCUT2D eigenvalue weighted by atomic mass is 19.4. The normalized spacial score (nSPS) is 24.6. The van der Waals surface area contributed by atoms with Gasteiger partial charge in [0.1, 0.15) is 0 Å². The van der Waals surface area contributed by atoms with Crippen LogP contribution in [-0.2, 0) is 10.9 Å². The molecule has 1 aromatic rings. The van der Waals surface area contributed by atoms with Crippen LogP contribution in [0.2, 0.25) is 0 Å². The molecule has 0 N–H and O–H groups in total. The summed E-state index contributed by atoms with van der Waals surface area (Å²) in [7, 11) is 0. The maximum Gasteiger partial charge on any atom is 0.416 e. The van der Waals surface area contributed by atoms with Gasteiger partial charge in [-0.15, -0.1) is 0 Å². The number of likely N-dealkylation sites (tertiary alicyclic amines) is 1. The molecule has 3 fully saturated rings. The second-order valence-corrected chi connectivity index (χ2v) is 8.18. The number of alkyl halides is 3. The molecule has 0 aliphatic carbocycles. The van der Waals surface area contributed by atoms with Gasteiger partial charge in [-0.25, -0.2) is 0 Å². The first kappa shape index (κ1) is 20.0. The summed E-state index contributed by atoms with van der Waals surface area (Å²) in [6, 6.07) is 7.02. The maximum absolute atomic E-state index is 13.0. The molecule has 3 aliphatic rings. The summed E-state index contributed by atoms with van der Waals surface area (Å²) < 4.78 is 44.4. The summed E-state index contributed by atoms with van der Waals surface area (Å²) in [5, 5.41) is 0. The molecule has 0 aromatic heterocycles. The number of piperazine rings is 1. The van der Waals surface area contributed by atoms with Gasteiger partial charge in [0.05, 0.1) is 5.56 Å². The minimum absolute atomic E-state index is 0.562. The van der Waals surface area contributed by atoms with Gasteiger partial charge in [-0.2, -0.15) is 13.2 Å². The van der Waals surface area contributed by atoms with Gasteiger partial charge < -0.3 is 14.5 Å². The Morgan fingerprint density at radius 3 is 2.04 bits per heavy atom. The third kappa shape index (κ3) is 4.63. The summed E-state index contributed by atoms with van der Waals surface area (Å²) in [6.07, 6.45) is 0.415. The van der Waals surface area contributed by atoms with Crippen LogP contribution < -0.4 is 4.90 Å². The molecule has 4 rings (SSSR count). The van der Waals surface area contributed by atoms with E-state index in [-0.39, 0.29) is 0 Å². The zero-order valence-corrected chi connectivity index (χ0v) is 16.3. The van der Waals surface area contributed by atoms with Crippen LogP contribution in [0.5, 0.6) is 0 Å².